The Morgan fingerprint density at radius 2 is 1.74 bits per heavy atom. The lowest BCUT2D eigenvalue weighted by Gasteiger charge is -2.27. The summed E-state index contributed by atoms with van der Waals surface area (Å²) in [6, 6.07) is 5.25. The smallest absolute Gasteiger partial charge is 0.411 e. The lowest BCUT2D eigenvalue weighted by atomic mass is 10.2. The van der Waals surface area contributed by atoms with Crippen molar-refractivity contribution in [3.8, 4) is 0 Å². The summed E-state index contributed by atoms with van der Waals surface area (Å²) in [7, 11) is -2.83. The number of amides is 1. The average Bonchev–Trinajstić information content (AvgIpc) is 2.96. The van der Waals surface area contributed by atoms with Gasteiger partial charge in [-0.25, -0.2) is 9.59 Å². The fourth-order valence-corrected chi connectivity index (χ4v) is 3.77. The van der Waals surface area contributed by atoms with E-state index in [2.05, 4.69) is 0 Å². The Balaban J connectivity index is 2.18. The van der Waals surface area contributed by atoms with Crippen molar-refractivity contribution in [1.82, 2.24) is 4.90 Å². The molecule has 0 bridgehead atoms. The number of nitrogens with zero attached hydrogens (tertiary/aromatic N) is 1. The predicted octanol–water partition coefficient (Wildman–Crippen LogP) is 2.25. The Hall–Kier alpha value is -2.13. The van der Waals surface area contributed by atoms with Crippen LogP contribution in [0.15, 0.2) is 29.2 Å². The molecule has 27 heavy (non-hydrogen) atoms. The highest BCUT2D eigenvalue weighted by atomic mass is 32.2. The molecule has 0 radical (unpaired) electrons. The number of benzene rings is 1. The molecule has 9 heteroatoms. The molecule has 1 aliphatic heterocycles. The Labute approximate surface area is 159 Å². The number of esters is 1. The molecule has 1 amide bonds. The van der Waals surface area contributed by atoms with Crippen LogP contribution in [0.3, 0.4) is 0 Å². The molecule has 2 atom stereocenters. The Kier molecular flexibility index (Phi) is 6.16. The second-order valence-electron chi connectivity index (χ2n) is 7.39. The molecule has 0 aliphatic carbocycles. The standard InChI is InChI=1S/C18H25NO7S/c1-12-6-8-14(9-7-12)27(22,23)26-13-10-15(16(20)24-5)19(11-13)17(21)25-18(2,3)4/h6-9,13,15H,10-11H2,1-5H3/t13-,15-/m0/s1. The molecule has 150 valence electrons. The third-order valence-electron chi connectivity index (χ3n) is 3.94. The SMILES string of the molecule is COC(=O)[C@@H]1C[C@H](OS(=O)(=O)c2ccc(C)cc2)CN1C(=O)OC(C)(C)C. The van der Waals surface area contributed by atoms with Crippen molar-refractivity contribution in [2.24, 2.45) is 0 Å². The zero-order valence-electron chi connectivity index (χ0n) is 16.1. The fourth-order valence-electron chi connectivity index (χ4n) is 2.69. The van der Waals surface area contributed by atoms with Gasteiger partial charge >= 0.3 is 12.1 Å². The first-order chi connectivity index (χ1) is 12.4. The largest absolute Gasteiger partial charge is 0.467 e. The van der Waals surface area contributed by atoms with Crippen LogP contribution in [0, 0.1) is 6.92 Å². The van der Waals surface area contributed by atoms with Crippen LogP contribution in [0.4, 0.5) is 4.79 Å². The average molecular weight is 399 g/mol. The quantitative estimate of drug-likeness (QED) is 0.565. The summed E-state index contributed by atoms with van der Waals surface area (Å²) in [4.78, 5) is 25.6. The Morgan fingerprint density at radius 3 is 2.26 bits per heavy atom. The number of carbonyl (C=O) groups excluding carboxylic acids is 2. The molecule has 1 fully saturated rings. The Morgan fingerprint density at radius 1 is 1.15 bits per heavy atom. The van der Waals surface area contributed by atoms with E-state index >= 15 is 0 Å². The van der Waals surface area contributed by atoms with Crippen LogP contribution in [-0.2, 0) is 28.6 Å². The van der Waals surface area contributed by atoms with Crippen molar-refractivity contribution < 1.29 is 31.7 Å². The van der Waals surface area contributed by atoms with Gasteiger partial charge in [-0.2, -0.15) is 8.42 Å². The van der Waals surface area contributed by atoms with Gasteiger partial charge in [-0.3, -0.25) is 9.08 Å². The molecule has 0 aromatic heterocycles. The summed E-state index contributed by atoms with van der Waals surface area (Å²) >= 11 is 0. The molecule has 0 unspecified atom stereocenters. The van der Waals surface area contributed by atoms with Crippen molar-refractivity contribution in [2.75, 3.05) is 13.7 Å². The maximum atomic E-state index is 12.5. The highest BCUT2D eigenvalue weighted by Gasteiger charge is 2.44. The topological polar surface area (TPSA) is 99.2 Å². The van der Waals surface area contributed by atoms with Crippen molar-refractivity contribution in [2.45, 2.75) is 56.8 Å². The van der Waals surface area contributed by atoms with Crippen LogP contribution in [0.5, 0.6) is 0 Å². The van der Waals surface area contributed by atoms with Gasteiger partial charge in [0, 0.05) is 6.42 Å². The molecule has 2 rings (SSSR count). The van der Waals surface area contributed by atoms with Crippen LogP contribution in [0.25, 0.3) is 0 Å². The third kappa shape index (κ3) is 5.43. The normalized spacial score (nSPS) is 20.4. The first-order valence-corrected chi connectivity index (χ1v) is 9.91. The number of ether oxygens (including phenoxy) is 2. The van der Waals surface area contributed by atoms with Gasteiger partial charge in [-0.15, -0.1) is 0 Å². The highest BCUT2D eigenvalue weighted by Crippen LogP contribution is 2.27. The third-order valence-corrected chi connectivity index (χ3v) is 5.31. The molecule has 1 aliphatic rings. The van der Waals surface area contributed by atoms with Crippen LogP contribution >= 0.6 is 0 Å². The first kappa shape index (κ1) is 21.2. The zero-order valence-corrected chi connectivity index (χ0v) is 16.9. The number of hydrogen-bond donors (Lipinski definition) is 0. The molecular formula is C18H25NO7S. The van der Waals surface area contributed by atoms with Crippen molar-refractivity contribution >= 4 is 22.2 Å². The van der Waals surface area contributed by atoms with E-state index in [9.17, 15) is 18.0 Å². The summed E-state index contributed by atoms with van der Waals surface area (Å²) in [6.07, 6.45) is -1.61. The van der Waals surface area contributed by atoms with E-state index in [0.717, 1.165) is 10.5 Å². The fraction of sp³-hybridized carbons (Fsp3) is 0.556. The second-order valence-corrected chi connectivity index (χ2v) is 8.96. The summed E-state index contributed by atoms with van der Waals surface area (Å²) < 4.78 is 40.3. The summed E-state index contributed by atoms with van der Waals surface area (Å²) in [6.45, 7) is 6.84. The maximum absolute atomic E-state index is 12.5. The van der Waals surface area contributed by atoms with Gasteiger partial charge in [0.05, 0.1) is 24.7 Å². The van der Waals surface area contributed by atoms with Gasteiger partial charge < -0.3 is 9.47 Å². The summed E-state index contributed by atoms with van der Waals surface area (Å²) in [5, 5.41) is 0. The van der Waals surface area contributed by atoms with Crippen LogP contribution in [0.1, 0.15) is 32.8 Å². The minimum atomic E-state index is -4.03. The summed E-state index contributed by atoms with van der Waals surface area (Å²) in [5.41, 5.74) is 0.154. The van der Waals surface area contributed by atoms with E-state index in [1.54, 1.807) is 32.9 Å². The lowest BCUT2D eigenvalue weighted by Crippen LogP contribution is -2.44. The van der Waals surface area contributed by atoms with E-state index in [-0.39, 0.29) is 17.9 Å². The van der Waals surface area contributed by atoms with Crippen LogP contribution in [0.2, 0.25) is 0 Å². The first-order valence-electron chi connectivity index (χ1n) is 8.50. The number of hydrogen-bond acceptors (Lipinski definition) is 7. The Bertz CT molecular complexity index is 796. The number of aryl methyl sites for hydroxylation is 1. The zero-order chi connectivity index (χ0) is 20.4. The van der Waals surface area contributed by atoms with Gasteiger partial charge in [0.15, 0.2) is 0 Å². The van der Waals surface area contributed by atoms with Gasteiger partial charge in [-0.05, 0) is 39.8 Å². The number of carbonyl (C=O) groups is 2. The van der Waals surface area contributed by atoms with Crippen LogP contribution in [-0.4, -0.2) is 56.8 Å². The van der Waals surface area contributed by atoms with Crippen molar-refractivity contribution in [3.05, 3.63) is 29.8 Å². The van der Waals surface area contributed by atoms with Crippen molar-refractivity contribution in [1.29, 1.82) is 0 Å². The molecule has 0 spiro atoms. The molecular weight excluding hydrogens is 374 g/mol. The maximum Gasteiger partial charge on any atom is 0.411 e. The van der Waals surface area contributed by atoms with Gasteiger partial charge in [0.1, 0.15) is 11.6 Å². The molecule has 1 aromatic carbocycles. The molecule has 0 N–H and O–H groups in total. The van der Waals surface area contributed by atoms with Crippen LogP contribution < -0.4 is 0 Å². The predicted molar refractivity (Wildman–Crippen MR) is 96.6 cm³/mol. The van der Waals surface area contributed by atoms with E-state index in [1.807, 2.05) is 6.92 Å². The monoisotopic (exact) mass is 399 g/mol. The van der Waals surface area contributed by atoms with E-state index in [4.69, 9.17) is 13.7 Å². The van der Waals surface area contributed by atoms with E-state index in [0.29, 0.717) is 0 Å². The minimum absolute atomic E-state index is 0.00297. The minimum Gasteiger partial charge on any atom is -0.467 e. The van der Waals surface area contributed by atoms with Gasteiger partial charge in [0.2, 0.25) is 0 Å². The summed E-state index contributed by atoms with van der Waals surface area (Å²) in [5.74, 6) is -0.653. The highest BCUT2D eigenvalue weighted by molar-refractivity contribution is 7.86. The second kappa shape index (κ2) is 7.85. The number of rotatable bonds is 4. The number of methoxy groups -OCH3 is 1. The molecule has 1 aromatic rings. The van der Waals surface area contributed by atoms with E-state index < -0.39 is 39.9 Å². The van der Waals surface area contributed by atoms with Crippen molar-refractivity contribution in [3.63, 3.8) is 0 Å². The lowest BCUT2D eigenvalue weighted by molar-refractivity contribution is -0.145. The molecule has 8 nitrogen and oxygen atoms in total. The molecule has 1 heterocycles. The molecule has 1 saturated heterocycles. The van der Waals surface area contributed by atoms with Gasteiger partial charge in [-0.1, -0.05) is 17.7 Å². The van der Waals surface area contributed by atoms with E-state index in [1.165, 1.54) is 19.2 Å². The number of likely N-dealkylation sites (tertiary alicyclic amines) is 1. The molecule has 0 saturated carbocycles. The van der Waals surface area contributed by atoms with Gasteiger partial charge in [0.25, 0.3) is 10.1 Å².